The molecular formula is C83H91N11O22S. The number of aromatic amines is 1. The number of carboxylic acid groups (broad SMARTS) is 3. The zero-order valence-corrected chi connectivity index (χ0v) is 64.5. The number of phenolic OH excluding ortho intramolecular Hbond substituents is 1. The molecule has 8 rings (SSSR count). The van der Waals surface area contributed by atoms with Gasteiger partial charge in [-0.3, -0.25) is 66.9 Å². The minimum Gasteiger partial charge on any atom is -0.508 e. The van der Waals surface area contributed by atoms with Crippen molar-refractivity contribution in [3.8, 4) is 11.5 Å². The van der Waals surface area contributed by atoms with E-state index in [0.29, 0.717) is 62.7 Å². The quantitative estimate of drug-likeness (QED) is 0.0191. The van der Waals surface area contributed by atoms with E-state index in [2.05, 4.69) is 57.0 Å². The topological polar surface area (TPSA) is 534 Å². The summed E-state index contributed by atoms with van der Waals surface area (Å²) in [5.74, 6) is -15.5. The Morgan fingerprint density at radius 1 is 0.410 bits per heavy atom. The first-order valence-electron chi connectivity index (χ1n) is 37.4. The molecule has 8 aromatic rings. The lowest BCUT2D eigenvalue weighted by atomic mass is 9.98. The Morgan fingerprint density at radius 3 is 1.21 bits per heavy atom. The van der Waals surface area contributed by atoms with Gasteiger partial charge >= 0.3 is 28.3 Å². The van der Waals surface area contributed by atoms with E-state index < -0.39 is 174 Å². The molecular weight excluding hydrogens is 1540 g/mol. The smallest absolute Gasteiger partial charge is 0.446 e. The summed E-state index contributed by atoms with van der Waals surface area (Å²) in [7, 11) is -5.03. The van der Waals surface area contributed by atoms with Crippen molar-refractivity contribution in [2.24, 2.45) is 5.73 Å². The SMILES string of the molecule is CCCC[C@H](NC(=O)[C@H](Cc1c[nH]c2ccccc12)NC(=O)[C@H](Cc1ccc(C(=O)c2ccccc2)cc1)NC(=O)[C@H](CCCC)NC(=O)[C@H](Cc1ccc(OS(=O)(=O)O)cc1)NC(=O)[C@H](CC(=O)O)NC(=O)CNC(=O)[C@H](N)Cc1ccc(O)cc1)C(=O)N[C@@H](CC(=O)O)C(=O)N[C@@H](Cc1ccc(C(=O)c2ccccc2)cc1)C(=O)O. The standard InChI is InChI=1S/C83H91N11O22S/c1-3-5-20-62(88-78(106)64(41-51-29-37-58(38-30-51)116-117(113,114)115)91-81(109)67(44-71(97)98)87-70(96)47-86-75(103)60(84)39-48-27-35-57(95)36-28-48)76(104)90-65(40-49-23-31-54(32-24-49)73(101)52-15-9-7-10-16-52)79(107)92-66(43-56-46-85-61-22-14-13-19-59(56)61)80(108)89-63(21-6-4-2)77(105)93-68(45-72(99)100)82(110)94-69(83(111)112)42-50-25-33-55(34-26-50)74(102)53-17-11-8-12-18-53/h7-19,22-38,46,60,62-69,85,95H,3-6,20-21,39-45,47,84H2,1-2H3,(H,86,103)(H,87,96)(H,88,106)(H,89,108)(H,90,104)(H,91,109)(H,92,107)(H,93,105)(H,94,110)(H,97,98)(H,99,100)(H,111,112)(H,113,114,115)/t60-,62+,63+,64+,65+,66+,67+,68+,69+/m1/s1. The molecule has 9 amide bonds. The van der Waals surface area contributed by atoms with Crippen LogP contribution in [0.1, 0.15) is 125 Å². The van der Waals surface area contributed by atoms with Gasteiger partial charge in [0.1, 0.15) is 59.8 Å². The summed E-state index contributed by atoms with van der Waals surface area (Å²) >= 11 is 0. The molecule has 1 aromatic heterocycles. The number of amides is 9. The van der Waals surface area contributed by atoms with Crippen LogP contribution in [0.25, 0.3) is 10.9 Å². The Balaban J connectivity index is 1.07. The first-order valence-corrected chi connectivity index (χ1v) is 38.8. The average Bonchev–Trinajstić information content (AvgIpc) is 1.66. The fraction of sp³-hybridized carbons (Fsp3) is 0.301. The maximum absolute atomic E-state index is 15.5. The van der Waals surface area contributed by atoms with Crippen LogP contribution >= 0.6 is 0 Å². The lowest BCUT2D eigenvalue weighted by molar-refractivity contribution is -0.144. The van der Waals surface area contributed by atoms with Crippen LogP contribution in [0.15, 0.2) is 188 Å². The number of hydrogen-bond acceptors (Lipinski definition) is 19. The number of para-hydroxylation sites is 1. The molecule has 0 radical (unpaired) electrons. The van der Waals surface area contributed by atoms with Crippen molar-refractivity contribution in [2.45, 2.75) is 152 Å². The van der Waals surface area contributed by atoms with Gasteiger partial charge in [0.05, 0.1) is 25.4 Å². The molecule has 0 fully saturated rings. The fourth-order valence-electron chi connectivity index (χ4n) is 12.5. The Hall–Kier alpha value is -13.5. The summed E-state index contributed by atoms with van der Waals surface area (Å²) in [6, 6.07) is 30.8. The summed E-state index contributed by atoms with van der Waals surface area (Å²) in [4.78, 5) is 198. The van der Waals surface area contributed by atoms with Crippen molar-refractivity contribution in [3.63, 3.8) is 0 Å². The number of H-pyrrole nitrogens is 1. The first kappa shape index (κ1) is 89.1. The maximum atomic E-state index is 15.5. The number of hydrogen-bond donors (Lipinski definition) is 16. The third-order valence-electron chi connectivity index (χ3n) is 18.7. The number of fused-ring (bicyclic) bond motifs is 1. The molecule has 9 atom stereocenters. The lowest BCUT2D eigenvalue weighted by Gasteiger charge is -2.28. The lowest BCUT2D eigenvalue weighted by Crippen LogP contribution is -2.61. The number of aromatic hydroxyl groups is 1. The second-order valence-corrected chi connectivity index (χ2v) is 28.7. The van der Waals surface area contributed by atoms with Gasteiger partial charge in [-0.25, -0.2) is 4.79 Å². The highest BCUT2D eigenvalue weighted by atomic mass is 32.3. The van der Waals surface area contributed by atoms with Crippen LogP contribution in [0.4, 0.5) is 0 Å². The van der Waals surface area contributed by atoms with Crippen molar-refractivity contribution < 1.29 is 105 Å². The molecule has 0 bridgehead atoms. The molecule has 0 aliphatic carbocycles. The van der Waals surface area contributed by atoms with Crippen LogP contribution in [0.3, 0.4) is 0 Å². The molecule has 117 heavy (non-hydrogen) atoms. The molecule has 0 spiro atoms. The van der Waals surface area contributed by atoms with Crippen molar-refractivity contribution in [2.75, 3.05) is 6.54 Å². The summed E-state index contributed by atoms with van der Waals surface area (Å²) in [5, 5.41) is 63.0. The van der Waals surface area contributed by atoms with Crippen LogP contribution in [0, 0.1) is 0 Å². The highest BCUT2D eigenvalue weighted by Gasteiger charge is 2.37. The minimum absolute atomic E-state index is 0.0261. The van der Waals surface area contributed by atoms with Crippen LogP contribution in [0.5, 0.6) is 11.5 Å². The second-order valence-electron chi connectivity index (χ2n) is 27.7. The molecule has 7 aromatic carbocycles. The number of unbranched alkanes of at least 4 members (excludes halogenated alkanes) is 2. The van der Waals surface area contributed by atoms with E-state index in [0.717, 1.165) is 12.1 Å². The summed E-state index contributed by atoms with van der Waals surface area (Å²) < 4.78 is 37.1. The molecule has 0 aliphatic rings. The van der Waals surface area contributed by atoms with Gasteiger partial charge in [0.25, 0.3) is 0 Å². The number of carbonyl (C=O) groups is 14. The fourth-order valence-corrected chi connectivity index (χ4v) is 12.9. The molecule has 0 saturated carbocycles. The molecule has 0 saturated heterocycles. The molecule has 1 heterocycles. The van der Waals surface area contributed by atoms with E-state index in [-0.39, 0.29) is 73.4 Å². The zero-order valence-electron chi connectivity index (χ0n) is 63.7. The van der Waals surface area contributed by atoms with E-state index in [9.17, 15) is 86.1 Å². The van der Waals surface area contributed by atoms with E-state index in [1.165, 1.54) is 84.9 Å². The normalized spacial score (nSPS) is 13.5. The molecule has 0 unspecified atom stereocenters. The van der Waals surface area contributed by atoms with E-state index in [1.807, 2.05) is 0 Å². The number of nitrogens with one attached hydrogen (secondary N) is 10. The van der Waals surface area contributed by atoms with Crippen molar-refractivity contribution in [1.29, 1.82) is 0 Å². The van der Waals surface area contributed by atoms with Gasteiger partial charge in [0.15, 0.2) is 11.6 Å². The number of aliphatic carboxylic acids is 3. The first-order chi connectivity index (χ1) is 55.8. The highest BCUT2D eigenvalue weighted by molar-refractivity contribution is 7.81. The Bertz CT molecular complexity index is 4980. The Labute approximate surface area is 672 Å². The monoisotopic (exact) mass is 1630 g/mol. The summed E-state index contributed by atoms with van der Waals surface area (Å²) in [6.45, 7) is 2.70. The average molecular weight is 1630 g/mol. The highest BCUT2D eigenvalue weighted by Crippen LogP contribution is 2.23. The number of carboxylic acids is 3. The zero-order chi connectivity index (χ0) is 84.9. The van der Waals surface area contributed by atoms with Gasteiger partial charge in [0.2, 0.25) is 53.2 Å². The third kappa shape index (κ3) is 28.0. The largest absolute Gasteiger partial charge is 0.508 e. The second kappa shape index (κ2) is 43.1. The predicted molar refractivity (Wildman–Crippen MR) is 424 cm³/mol. The van der Waals surface area contributed by atoms with Crippen LogP contribution in [-0.4, -0.2) is 182 Å². The number of nitrogens with two attached hydrogens (primary N) is 1. The van der Waals surface area contributed by atoms with Crippen LogP contribution in [0.2, 0.25) is 0 Å². The van der Waals surface area contributed by atoms with Crippen LogP contribution < -0.4 is 57.8 Å². The number of carbonyl (C=O) groups excluding carboxylic acids is 11. The summed E-state index contributed by atoms with van der Waals surface area (Å²) in [6.07, 6.45) is -1.21. The van der Waals surface area contributed by atoms with E-state index in [1.54, 1.807) is 105 Å². The number of aromatic nitrogens is 1. The van der Waals surface area contributed by atoms with Gasteiger partial charge < -0.3 is 83.2 Å². The predicted octanol–water partition coefficient (Wildman–Crippen LogP) is 3.77. The number of ketones is 2. The Kier molecular flexibility index (Phi) is 32.8. The molecule has 0 aliphatic heterocycles. The van der Waals surface area contributed by atoms with Gasteiger partial charge in [0, 0.05) is 65.0 Å². The summed E-state index contributed by atoms with van der Waals surface area (Å²) in [5.41, 5.74) is 9.83. The van der Waals surface area contributed by atoms with Crippen molar-refractivity contribution in [1.82, 2.24) is 52.8 Å². The van der Waals surface area contributed by atoms with Crippen LogP contribution in [-0.2, 0) is 100 Å². The number of benzene rings is 7. The van der Waals surface area contributed by atoms with Crippen molar-refractivity contribution in [3.05, 3.63) is 238 Å². The number of phenols is 1. The van der Waals surface area contributed by atoms with Crippen molar-refractivity contribution >= 4 is 104 Å². The van der Waals surface area contributed by atoms with Gasteiger partial charge in [-0.05, 0) is 77.4 Å². The van der Waals surface area contributed by atoms with Gasteiger partial charge in [-0.1, -0.05) is 191 Å². The number of rotatable bonds is 45. The third-order valence-corrected chi connectivity index (χ3v) is 19.1. The maximum Gasteiger partial charge on any atom is 0.446 e. The Morgan fingerprint density at radius 2 is 0.769 bits per heavy atom. The minimum atomic E-state index is -5.03. The molecule has 34 heteroatoms. The van der Waals surface area contributed by atoms with Gasteiger partial charge in [-0.15, -0.1) is 0 Å². The van der Waals surface area contributed by atoms with E-state index in [4.69, 9.17) is 5.73 Å². The molecule has 17 N–H and O–H groups in total. The molecule has 616 valence electrons. The molecule has 33 nitrogen and oxygen atoms in total. The van der Waals surface area contributed by atoms with Gasteiger partial charge in [-0.2, -0.15) is 8.42 Å². The van der Waals surface area contributed by atoms with E-state index >= 15 is 14.4 Å².